The zero-order valence-electron chi connectivity index (χ0n) is 14.4. The summed E-state index contributed by atoms with van der Waals surface area (Å²) in [5, 5.41) is 11.1. The van der Waals surface area contributed by atoms with E-state index in [-0.39, 0.29) is 9.45 Å². The fraction of sp³-hybridized carbons (Fsp3) is 0.474. The van der Waals surface area contributed by atoms with E-state index in [1.165, 1.54) is 22.4 Å². The average molecular weight is 374 g/mol. The molecule has 3 unspecified atom stereocenters. The number of hydrogen-bond acceptors (Lipinski definition) is 4. The lowest BCUT2D eigenvalue weighted by molar-refractivity contribution is -0.108. The summed E-state index contributed by atoms with van der Waals surface area (Å²) in [5.41, 5.74) is 6.44. The number of anilines is 2. The van der Waals surface area contributed by atoms with Gasteiger partial charge in [-0.1, -0.05) is 17.3 Å². The highest BCUT2D eigenvalue weighted by atomic mass is 32.8. The van der Waals surface area contributed by atoms with E-state index in [1.54, 1.807) is 0 Å². The number of hydrogen-bond donors (Lipinski definition) is 2. The third kappa shape index (κ3) is 3.42. The van der Waals surface area contributed by atoms with E-state index in [2.05, 4.69) is 40.6 Å². The van der Waals surface area contributed by atoms with E-state index in [0.29, 0.717) is 18.3 Å². The van der Waals surface area contributed by atoms with Crippen molar-refractivity contribution in [3.63, 3.8) is 0 Å². The molecule has 1 aromatic carbocycles. The fourth-order valence-electron chi connectivity index (χ4n) is 4.13. The van der Waals surface area contributed by atoms with Gasteiger partial charge >= 0.3 is 0 Å². The molecule has 0 saturated heterocycles. The summed E-state index contributed by atoms with van der Waals surface area (Å²) in [6.45, 7) is 2.17. The van der Waals surface area contributed by atoms with Crippen molar-refractivity contribution >= 4 is 38.4 Å². The van der Waals surface area contributed by atoms with Crippen LogP contribution in [0.2, 0.25) is 0 Å². The Labute approximate surface area is 155 Å². The molecule has 1 aliphatic heterocycles. The maximum absolute atomic E-state index is 10.7. The van der Waals surface area contributed by atoms with Gasteiger partial charge < -0.3 is 10.1 Å². The predicted octanol–water partition coefficient (Wildman–Crippen LogP) is 4.03. The van der Waals surface area contributed by atoms with Crippen LogP contribution in [0.5, 0.6) is 0 Å². The molecule has 1 saturated carbocycles. The highest BCUT2D eigenvalue weighted by Crippen LogP contribution is 2.39. The number of aldehydes is 1. The van der Waals surface area contributed by atoms with Crippen LogP contribution >= 0.6 is 0 Å². The van der Waals surface area contributed by atoms with E-state index in [4.69, 9.17) is 11.2 Å². The molecule has 1 aromatic heterocycles. The van der Waals surface area contributed by atoms with Gasteiger partial charge in [0.25, 0.3) is 0 Å². The van der Waals surface area contributed by atoms with Crippen LogP contribution in [0.15, 0.2) is 18.2 Å². The van der Waals surface area contributed by atoms with Gasteiger partial charge in [-0.05, 0) is 54.9 Å². The number of benzene rings is 1. The van der Waals surface area contributed by atoms with Crippen LogP contribution in [0.1, 0.15) is 54.0 Å². The van der Waals surface area contributed by atoms with Crippen molar-refractivity contribution in [1.82, 2.24) is 10.2 Å². The Bertz CT molecular complexity index is 830. The first-order valence-corrected chi connectivity index (χ1v) is 11.3. The van der Waals surface area contributed by atoms with E-state index in [9.17, 15) is 4.79 Å². The summed E-state index contributed by atoms with van der Waals surface area (Å²) >= 11 is 5.50. The standard InChI is InChI=1S/C19H23N3OS2/c1-12-16-11-25(24)10-15(16)4-5-17(12)20-19-9-18(21-22-19)14-3-2-13(8-14)6-7-23/h4-5,7,9,13-14H,2-3,6,8,10-11H2,1H3,(H2,20,21,22). The molecule has 2 aliphatic rings. The number of nitrogens with one attached hydrogen (secondary N) is 2. The first-order chi connectivity index (χ1) is 12.1. The Morgan fingerprint density at radius 2 is 2.28 bits per heavy atom. The van der Waals surface area contributed by atoms with Gasteiger partial charge in [0, 0.05) is 41.3 Å². The lowest BCUT2D eigenvalue weighted by Crippen LogP contribution is -1.97. The zero-order chi connectivity index (χ0) is 17.4. The molecular weight excluding hydrogens is 350 g/mol. The molecular formula is C19H23N3OS2. The maximum atomic E-state index is 10.7. The van der Waals surface area contributed by atoms with E-state index < -0.39 is 0 Å². The number of carbonyl (C=O) groups excluding carboxylic acids is 1. The number of H-pyrrole nitrogens is 1. The zero-order valence-corrected chi connectivity index (χ0v) is 16.0. The normalized spacial score (nSPS) is 25.1. The van der Waals surface area contributed by atoms with E-state index in [0.717, 1.165) is 48.6 Å². The van der Waals surface area contributed by atoms with Crippen molar-refractivity contribution in [1.29, 1.82) is 0 Å². The van der Waals surface area contributed by atoms with Crippen LogP contribution < -0.4 is 5.32 Å². The number of nitrogens with zero attached hydrogens (tertiary/aromatic N) is 1. The Balaban J connectivity index is 1.48. The van der Waals surface area contributed by atoms with E-state index in [1.807, 2.05) is 0 Å². The molecule has 132 valence electrons. The summed E-state index contributed by atoms with van der Waals surface area (Å²) in [5.74, 6) is 3.97. The average Bonchev–Trinajstić information content (AvgIpc) is 3.30. The smallest absolute Gasteiger partial charge is 0.152 e. The SMILES string of the molecule is Cc1c(Nc2cc(C3CCC(CC=O)C3)[nH]n2)ccc2c1CS(=S)C2. The highest BCUT2D eigenvalue weighted by Gasteiger charge is 2.27. The maximum Gasteiger partial charge on any atom is 0.152 e. The number of carbonyl (C=O) groups is 1. The van der Waals surface area contributed by atoms with Crippen molar-refractivity contribution in [2.45, 2.75) is 50.0 Å². The minimum atomic E-state index is 0.0716. The van der Waals surface area contributed by atoms with Crippen LogP contribution in [0.25, 0.3) is 0 Å². The summed E-state index contributed by atoms with van der Waals surface area (Å²) in [7, 11) is 0.0716. The second-order valence-corrected chi connectivity index (χ2v) is 10.1. The lowest BCUT2D eigenvalue weighted by Gasteiger charge is -2.11. The molecule has 6 heteroatoms. The molecule has 4 nitrogen and oxygen atoms in total. The highest BCUT2D eigenvalue weighted by molar-refractivity contribution is 8.28. The second kappa shape index (κ2) is 7.00. The molecule has 4 rings (SSSR count). The predicted molar refractivity (Wildman–Crippen MR) is 106 cm³/mol. The van der Waals surface area contributed by atoms with Crippen molar-refractivity contribution in [3.05, 3.63) is 40.6 Å². The Kier molecular flexibility index (Phi) is 4.73. The summed E-state index contributed by atoms with van der Waals surface area (Å²) in [6, 6.07) is 6.48. The van der Waals surface area contributed by atoms with Gasteiger partial charge in [0.1, 0.15) is 6.29 Å². The molecule has 3 atom stereocenters. The van der Waals surface area contributed by atoms with Gasteiger partial charge in [0.2, 0.25) is 0 Å². The number of aromatic nitrogens is 2. The summed E-state index contributed by atoms with van der Waals surface area (Å²) < 4.78 is 0. The van der Waals surface area contributed by atoms with E-state index >= 15 is 0 Å². The molecule has 1 aliphatic carbocycles. The molecule has 25 heavy (non-hydrogen) atoms. The van der Waals surface area contributed by atoms with Gasteiger partial charge in [-0.3, -0.25) is 5.10 Å². The minimum absolute atomic E-state index is 0.0716. The van der Waals surface area contributed by atoms with Crippen molar-refractivity contribution in [3.8, 4) is 0 Å². The van der Waals surface area contributed by atoms with Gasteiger partial charge in [0.05, 0.1) is 0 Å². The number of rotatable bonds is 5. The monoisotopic (exact) mass is 373 g/mol. The number of fused-ring (bicyclic) bond motifs is 1. The lowest BCUT2D eigenvalue weighted by atomic mass is 10.00. The summed E-state index contributed by atoms with van der Waals surface area (Å²) in [6.07, 6.45) is 5.10. The number of aromatic amines is 1. The van der Waals surface area contributed by atoms with Crippen LogP contribution in [0, 0.1) is 12.8 Å². The first-order valence-electron chi connectivity index (χ1n) is 8.86. The molecule has 0 amide bonds. The Hall–Kier alpha value is -1.53. The van der Waals surface area contributed by atoms with Crippen LogP contribution in [0.4, 0.5) is 11.5 Å². The quantitative estimate of drug-likeness (QED) is 0.777. The fourth-order valence-corrected chi connectivity index (χ4v) is 6.30. The molecule has 0 spiro atoms. The third-order valence-corrected chi connectivity index (χ3v) is 7.54. The van der Waals surface area contributed by atoms with Gasteiger partial charge in [0.15, 0.2) is 5.82 Å². The molecule has 0 bridgehead atoms. The minimum Gasteiger partial charge on any atom is -0.339 e. The Morgan fingerprint density at radius 1 is 1.40 bits per heavy atom. The first kappa shape index (κ1) is 16.9. The molecule has 0 radical (unpaired) electrons. The van der Waals surface area contributed by atoms with Gasteiger partial charge in [-0.2, -0.15) is 5.10 Å². The van der Waals surface area contributed by atoms with Gasteiger partial charge in [-0.25, -0.2) is 0 Å². The van der Waals surface area contributed by atoms with Crippen LogP contribution in [-0.2, 0) is 36.9 Å². The molecule has 2 heterocycles. The molecule has 2 N–H and O–H groups in total. The van der Waals surface area contributed by atoms with Crippen molar-refractivity contribution < 1.29 is 4.79 Å². The molecule has 2 aromatic rings. The second-order valence-electron chi connectivity index (χ2n) is 7.22. The summed E-state index contributed by atoms with van der Waals surface area (Å²) in [4.78, 5) is 10.7. The molecule has 1 fully saturated rings. The van der Waals surface area contributed by atoms with Crippen LogP contribution in [0.3, 0.4) is 0 Å². The van der Waals surface area contributed by atoms with Crippen molar-refractivity contribution in [2.75, 3.05) is 5.32 Å². The topological polar surface area (TPSA) is 57.8 Å². The van der Waals surface area contributed by atoms with Crippen LogP contribution in [-0.4, -0.2) is 16.5 Å². The Morgan fingerprint density at radius 3 is 3.12 bits per heavy atom. The van der Waals surface area contributed by atoms with Gasteiger partial charge in [-0.15, -0.1) is 9.45 Å². The largest absolute Gasteiger partial charge is 0.339 e. The van der Waals surface area contributed by atoms with Crippen molar-refractivity contribution in [2.24, 2.45) is 5.92 Å². The third-order valence-electron chi connectivity index (χ3n) is 5.59.